The molecule has 0 atom stereocenters. The van der Waals surface area contributed by atoms with Crippen molar-refractivity contribution in [1.82, 2.24) is 14.4 Å². The Bertz CT molecular complexity index is 1120. The lowest BCUT2D eigenvalue weighted by atomic mass is 10.3. The molecule has 1 aliphatic rings. The molecule has 0 unspecified atom stereocenters. The molecule has 4 heterocycles. The van der Waals surface area contributed by atoms with E-state index >= 15 is 0 Å². The molecule has 0 amide bonds. The molecular formula is C19H20F3N3O5S2. The number of morpholine rings is 1. The van der Waals surface area contributed by atoms with Crippen LogP contribution >= 0.6 is 11.3 Å². The summed E-state index contributed by atoms with van der Waals surface area (Å²) < 4.78 is 81.8. The third-order valence-corrected chi connectivity index (χ3v) is 8.31. The molecule has 13 heteroatoms. The number of furan rings is 1. The summed E-state index contributed by atoms with van der Waals surface area (Å²) in [6, 6.07) is 6.87. The van der Waals surface area contributed by atoms with Crippen LogP contribution in [0.1, 0.15) is 11.5 Å². The number of halogens is 3. The number of ether oxygens (including phenoxy) is 1. The van der Waals surface area contributed by atoms with Gasteiger partial charge in [-0.3, -0.25) is 4.90 Å². The second kappa shape index (κ2) is 9.35. The molecule has 1 aliphatic heterocycles. The number of hydrogen-bond donors (Lipinski definition) is 0. The minimum absolute atomic E-state index is 0.00834. The number of aromatic nitrogens is 1. The first kappa shape index (κ1) is 23.0. The smallest absolute Gasteiger partial charge is 0.436 e. The molecule has 1 saturated heterocycles. The zero-order valence-electron chi connectivity index (χ0n) is 16.7. The van der Waals surface area contributed by atoms with E-state index in [2.05, 4.69) is 10.1 Å². The van der Waals surface area contributed by atoms with Crippen molar-refractivity contribution in [2.24, 2.45) is 0 Å². The van der Waals surface area contributed by atoms with Crippen molar-refractivity contribution in [1.29, 1.82) is 0 Å². The molecule has 8 nitrogen and oxygen atoms in total. The SMILES string of the molecule is O=S(=O)(c1ccc(-c2cc(C(F)(F)F)no2)s1)N(CCN1CCOCC1)Cc1ccco1. The molecule has 174 valence electrons. The number of hydrogen-bond acceptors (Lipinski definition) is 8. The fourth-order valence-corrected chi connectivity index (χ4v) is 5.99. The zero-order chi connectivity index (χ0) is 22.8. The second-order valence-electron chi connectivity index (χ2n) is 7.06. The van der Waals surface area contributed by atoms with Crippen molar-refractivity contribution in [2.75, 3.05) is 39.4 Å². The van der Waals surface area contributed by atoms with Crippen LogP contribution in [0, 0.1) is 0 Å². The minimum atomic E-state index is -4.65. The summed E-state index contributed by atoms with van der Waals surface area (Å²) >= 11 is 0.824. The molecule has 0 aliphatic carbocycles. The molecule has 0 radical (unpaired) electrons. The Balaban J connectivity index is 1.55. The summed E-state index contributed by atoms with van der Waals surface area (Å²) in [4.78, 5) is 2.35. The van der Waals surface area contributed by atoms with Gasteiger partial charge in [-0.25, -0.2) is 8.42 Å². The lowest BCUT2D eigenvalue weighted by Gasteiger charge is -2.29. The lowest BCUT2D eigenvalue weighted by molar-refractivity contribution is -0.142. The quantitative estimate of drug-likeness (QED) is 0.476. The van der Waals surface area contributed by atoms with Crippen LogP contribution < -0.4 is 0 Å². The maximum atomic E-state index is 13.4. The molecule has 32 heavy (non-hydrogen) atoms. The van der Waals surface area contributed by atoms with Crippen LogP contribution in [0.4, 0.5) is 13.2 Å². The maximum absolute atomic E-state index is 13.4. The van der Waals surface area contributed by atoms with Gasteiger partial charge in [0.2, 0.25) is 0 Å². The molecule has 4 rings (SSSR count). The Morgan fingerprint density at radius 2 is 1.97 bits per heavy atom. The third kappa shape index (κ3) is 5.23. The van der Waals surface area contributed by atoms with Crippen LogP contribution in [0.2, 0.25) is 0 Å². The van der Waals surface area contributed by atoms with Crippen molar-refractivity contribution in [2.45, 2.75) is 16.9 Å². The maximum Gasteiger partial charge on any atom is 0.436 e. The van der Waals surface area contributed by atoms with E-state index in [1.807, 2.05) is 0 Å². The summed E-state index contributed by atoms with van der Waals surface area (Å²) in [6.07, 6.45) is -3.18. The summed E-state index contributed by atoms with van der Waals surface area (Å²) in [5, 5.41) is 3.02. The molecule has 3 aromatic rings. The fraction of sp³-hybridized carbons (Fsp3) is 0.421. The highest BCUT2D eigenvalue weighted by Crippen LogP contribution is 2.36. The number of rotatable bonds is 8. The molecule has 0 saturated carbocycles. The van der Waals surface area contributed by atoms with Gasteiger partial charge in [0.1, 0.15) is 9.97 Å². The Kier molecular flexibility index (Phi) is 6.72. The minimum Gasteiger partial charge on any atom is -0.468 e. The first-order chi connectivity index (χ1) is 15.2. The summed E-state index contributed by atoms with van der Waals surface area (Å²) in [5.41, 5.74) is -1.17. The van der Waals surface area contributed by atoms with E-state index in [1.54, 1.807) is 12.1 Å². The van der Waals surface area contributed by atoms with E-state index < -0.39 is 21.9 Å². The summed E-state index contributed by atoms with van der Waals surface area (Å²) in [6.45, 7) is 3.38. The van der Waals surface area contributed by atoms with Crippen molar-refractivity contribution >= 4 is 21.4 Å². The van der Waals surface area contributed by atoms with Gasteiger partial charge in [0.25, 0.3) is 10.0 Å². The monoisotopic (exact) mass is 491 g/mol. The molecule has 3 aromatic heterocycles. The zero-order valence-corrected chi connectivity index (χ0v) is 18.4. The van der Waals surface area contributed by atoms with Crippen molar-refractivity contribution in [3.05, 3.63) is 48.0 Å². The highest BCUT2D eigenvalue weighted by atomic mass is 32.2. The van der Waals surface area contributed by atoms with E-state index in [-0.39, 0.29) is 27.9 Å². The van der Waals surface area contributed by atoms with Gasteiger partial charge in [-0.1, -0.05) is 5.16 Å². The Morgan fingerprint density at radius 3 is 2.62 bits per heavy atom. The largest absolute Gasteiger partial charge is 0.468 e. The first-order valence-corrected chi connectivity index (χ1v) is 12.0. The highest BCUT2D eigenvalue weighted by molar-refractivity contribution is 7.91. The Labute approximate surface area is 186 Å². The highest BCUT2D eigenvalue weighted by Gasteiger charge is 2.35. The van der Waals surface area contributed by atoms with Gasteiger partial charge >= 0.3 is 6.18 Å². The van der Waals surface area contributed by atoms with Crippen molar-refractivity contribution in [3.8, 4) is 10.6 Å². The van der Waals surface area contributed by atoms with E-state index in [9.17, 15) is 21.6 Å². The standard InChI is InChI=1S/C19H20F3N3O5S2/c20-19(21,22)17-12-15(30-23-17)16-3-4-18(31-16)32(26,27)25(13-14-2-1-9-29-14)6-5-24-7-10-28-11-8-24/h1-4,9,12H,5-8,10-11,13H2. The molecule has 0 aromatic carbocycles. The predicted molar refractivity (Wildman–Crippen MR) is 108 cm³/mol. The third-order valence-electron chi connectivity index (χ3n) is 4.90. The Hall–Kier alpha value is -2.19. The van der Waals surface area contributed by atoms with Gasteiger partial charge in [0.15, 0.2) is 11.5 Å². The Morgan fingerprint density at radius 1 is 1.19 bits per heavy atom. The van der Waals surface area contributed by atoms with Crippen LogP contribution in [-0.2, 0) is 27.5 Å². The van der Waals surface area contributed by atoms with E-state index in [4.69, 9.17) is 13.7 Å². The van der Waals surface area contributed by atoms with E-state index in [0.29, 0.717) is 38.6 Å². The summed E-state index contributed by atoms with van der Waals surface area (Å²) in [5.74, 6) is 0.340. The van der Waals surface area contributed by atoms with Crippen LogP contribution in [0.5, 0.6) is 0 Å². The number of thiophene rings is 1. The summed E-state index contributed by atoms with van der Waals surface area (Å²) in [7, 11) is -3.94. The van der Waals surface area contributed by atoms with Gasteiger partial charge in [-0.2, -0.15) is 17.5 Å². The average molecular weight is 492 g/mol. The molecule has 1 fully saturated rings. The van der Waals surface area contributed by atoms with Gasteiger partial charge in [0, 0.05) is 32.2 Å². The van der Waals surface area contributed by atoms with Crippen LogP contribution in [-0.4, -0.2) is 62.2 Å². The average Bonchev–Trinajstić information content (AvgIpc) is 3.52. The van der Waals surface area contributed by atoms with Gasteiger partial charge < -0.3 is 13.7 Å². The topological polar surface area (TPSA) is 89.0 Å². The van der Waals surface area contributed by atoms with Gasteiger partial charge in [0.05, 0.1) is 30.9 Å². The van der Waals surface area contributed by atoms with E-state index in [1.165, 1.54) is 22.7 Å². The molecular weight excluding hydrogens is 471 g/mol. The van der Waals surface area contributed by atoms with Crippen molar-refractivity contribution in [3.63, 3.8) is 0 Å². The van der Waals surface area contributed by atoms with E-state index in [0.717, 1.165) is 17.4 Å². The van der Waals surface area contributed by atoms with Gasteiger partial charge in [-0.15, -0.1) is 11.3 Å². The van der Waals surface area contributed by atoms with Gasteiger partial charge in [-0.05, 0) is 24.3 Å². The second-order valence-corrected chi connectivity index (χ2v) is 10.3. The lowest BCUT2D eigenvalue weighted by Crippen LogP contribution is -2.42. The molecule has 0 N–H and O–H groups in total. The van der Waals surface area contributed by atoms with Crippen molar-refractivity contribution < 1.29 is 35.3 Å². The fourth-order valence-electron chi connectivity index (χ4n) is 3.18. The number of sulfonamides is 1. The number of alkyl halides is 3. The molecule has 0 spiro atoms. The normalized spacial score (nSPS) is 16.1. The van der Waals surface area contributed by atoms with Crippen LogP contribution in [0.3, 0.4) is 0 Å². The predicted octanol–water partition coefficient (Wildman–Crippen LogP) is 3.54. The first-order valence-electron chi connectivity index (χ1n) is 9.70. The molecule has 0 bridgehead atoms. The number of nitrogens with zero attached hydrogens (tertiary/aromatic N) is 3. The van der Waals surface area contributed by atoms with Crippen LogP contribution in [0.25, 0.3) is 10.6 Å². The van der Waals surface area contributed by atoms with Crippen LogP contribution in [0.15, 0.2) is 49.7 Å².